The number of nitro groups is 1. The lowest BCUT2D eigenvalue weighted by atomic mass is 9.93. The molecule has 5 heteroatoms. The van der Waals surface area contributed by atoms with Crippen LogP contribution in [0, 0.1) is 10.1 Å². The fourth-order valence-electron chi connectivity index (χ4n) is 2.64. The smallest absolute Gasteiger partial charge is 0.240 e. The molecule has 3 rings (SSSR count). The van der Waals surface area contributed by atoms with E-state index >= 15 is 0 Å². The third kappa shape index (κ3) is 3.12. The van der Waals surface area contributed by atoms with Gasteiger partial charge in [-0.15, -0.1) is 0 Å². The first-order valence-electron chi connectivity index (χ1n) is 7.05. The zero-order valence-corrected chi connectivity index (χ0v) is 12.5. The van der Waals surface area contributed by atoms with Gasteiger partial charge in [0.25, 0.3) is 0 Å². The first kappa shape index (κ1) is 14.6. The van der Waals surface area contributed by atoms with E-state index < -0.39 is 6.04 Å². The number of rotatable bonds is 3. The highest BCUT2D eigenvalue weighted by Crippen LogP contribution is 2.27. The Bertz CT molecular complexity index is 713. The van der Waals surface area contributed by atoms with E-state index in [1.54, 1.807) is 12.1 Å². The van der Waals surface area contributed by atoms with E-state index in [1.165, 1.54) is 0 Å². The van der Waals surface area contributed by atoms with Crippen molar-refractivity contribution in [1.29, 1.82) is 0 Å². The minimum Gasteiger partial charge on any atom is -0.372 e. The molecular formula is C17H15ClN2O2. The van der Waals surface area contributed by atoms with Crippen LogP contribution in [0.1, 0.15) is 11.1 Å². The molecule has 2 aromatic rings. The largest absolute Gasteiger partial charge is 0.372 e. The molecule has 0 fully saturated rings. The maximum absolute atomic E-state index is 11.3. The Kier molecular flexibility index (Phi) is 4.11. The minimum absolute atomic E-state index is 0.209. The van der Waals surface area contributed by atoms with Gasteiger partial charge in [0.05, 0.1) is 0 Å². The molecule has 2 atom stereocenters. The molecule has 0 aliphatic carbocycles. The number of anilines is 1. The molecule has 0 spiro atoms. The summed E-state index contributed by atoms with van der Waals surface area (Å²) in [5, 5.41) is 15.3. The SMILES string of the molecule is O=[N+]([O-])[C@H]1Cc2ccccc2N[C@H]1/C=C/c1ccc(Cl)cc1. The summed E-state index contributed by atoms with van der Waals surface area (Å²) >= 11 is 5.86. The van der Waals surface area contributed by atoms with Crippen molar-refractivity contribution in [3.8, 4) is 0 Å². The predicted octanol–water partition coefficient (Wildman–Crippen LogP) is 4.04. The molecule has 1 heterocycles. The zero-order chi connectivity index (χ0) is 15.5. The Morgan fingerprint density at radius 2 is 1.91 bits per heavy atom. The van der Waals surface area contributed by atoms with Gasteiger partial charge in [0.1, 0.15) is 6.04 Å². The average molecular weight is 315 g/mol. The number of hydrogen-bond acceptors (Lipinski definition) is 3. The quantitative estimate of drug-likeness (QED) is 0.687. The molecule has 22 heavy (non-hydrogen) atoms. The summed E-state index contributed by atoms with van der Waals surface area (Å²) in [7, 11) is 0. The van der Waals surface area contributed by atoms with Crippen molar-refractivity contribution < 1.29 is 4.92 Å². The second-order valence-electron chi connectivity index (χ2n) is 5.29. The van der Waals surface area contributed by atoms with Crippen LogP contribution in [-0.4, -0.2) is 17.0 Å². The third-order valence-corrected chi connectivity index (χ3v) is 4.07. The number of hydrogen-bond donors (Lipinski definition) is 1. The van der Waals surface area contributed by atoms with E-state index in [9.17, 15) is 10.1 Å². The van der Waals surface area contributed by atoms with Crippen LogP contribution in [0.15, 0.2) is 54.6 Å². The monoisotopic (exact) mass is 314 g/mol. The summed E-state index contributed by atoms with van der Waals surface area (Å²) < 4.78 is 0. The lowest BCUT2D eigenvalue weighted by molar-refractivity contribution is -0.522. The molecule has 0 radical (unpaired) electrons. The van der Waals surface area contributed by atoms with Crippen molar-refractivity contribution in [3.05, 3.63) is 80.9 Å². The van der Waals surface area contributed by atoms with E-state index in [1.807, 2.05) is 48.6 Å². The Hall–Kier alpha value is -2.33. The Balaban J connectivity index is 1.84. The zero-order valence-electron chi connectivity index (χ0n) is 11.8. The lowest BCUT2D eigenvalue weighted by Gasteiger charge is -2.27. The van der Waals surface area contributed by atoms with Gasteiger partial charge in [-0.2, -0.15) is 0 Å². The van der Waals surface area contributed by atoms with E-state index in [2.05, 4.69) is 5.32 Å². The van der Waals surface area contributed by atoms with Gasteiger partial charge in [-0.1, -0.05) is 54.1 Å². The second kappa shape index (κ2) is 6.20. The van der Waals surface area contributed by atoms with Gasteiger partial charge in [0.15, 0.2) is 0 Å². The van der Waals surface area contributed by atoms with Crippen molar-refractivity contribution >= 4 is 23.4 Å². The molecule has 0 unspecified atom stereocenters. The Morgan fingerprint density at radius 1 is 1.18 bits per heavy atom. The van der Waals surface area contributed by atoms with Crippen molar-refractivity contribution in [2.75, 3.05) is 5.32 Å². The number of nitrogens with one attached hydrogen (secondary N) is 1. The number of fused-ring (bicyclic) bond motifs is 1. The van der Waals surface area contributed by atoms with Gasteiger partial charge in [0.2, 0.25) is 6.04 Å². The molecule has 1 N–H and O–H groups in total. The van der Waals surface area contributed by atoms with Gasteiger partial charge < -0.3 is 5.32 Å². The van der Waals surface area contributed by atoms with Gasteiger partial charge in [-0.05, 0) is 29.3 Å². The summed E-state index contributed by atoms with van der Waals surface area (Å²) in [4.78, 5) is 11.1. The summed E-state index contributed by atoms with van der Waals surface area (Å²) in [6.45, 7) is 0. The topological polar surface area (TPSA) is 55.2 Å². The molecule has 0 aromatic heterocycles. The van der Waals surface area contributed by atoms with Gasteiger partial charge >= 0.3 is 0 Å². The van der Waals surface area contributed by atoms with Crippen molar-refractivity contribution in [1.82, 2.24) is 0 Å². The molecule has 0 bridgehead atoms. The van der Waals surface area contributed by atoms with Crippen LogP contribution >= 0.6 is 11.6 Å². The van der Waals surface area contributed by atoms with Crippen LogP contribution in [0.5, 0.6) is 0 Å². The standard InChI is InChI=1S/C17H15ClN2O2/c18-14-8-5-12(6-9-14)7-10-16-17(20(21)22)11-13-3-1-2-4-15(13)19-16/h1-10,16-17,19H,11H2/b10-7+/t16-,17-/m0/s1. The van der Waals surface area contributed by atoms with Crippen LogP contribution in [0.4, 0.5) is 5.69 Å². The average Bonchev–Trinajstić information content (AvgIpc) is 2.53. The third-order valence-electron chi connectivity index (χ3n) is 3.82. The van der Waals surface area contributed by atoms with Crippen molar-refractivity contribution in [3.63, 3.8) is 0 Å². The van der Waals surface area contributed by atoms with E-state index in [4.69, 9.17) is 11.6 Å². The van der Waals surface area contributed by atoms with Gasteiger partial charge in [-0.3, -0.25) is 10.1 Å². The van der Waals surface area contributed by atoms with E-state index in [0.717, 1.165) is 16.8 Å². The molecule has 4 nitrogen and oxygen atoms in total. The minimum atomic E-state index is -0.668. The predicted molar refractivity (Wildman–Crippen MR) is 88.8 cm³/mol. The number of nitrogens with zero attached hydrogens (tertiary/aromatic N) is 1. The highest BCUT2D eigenvalue weighted by molar-refractivity contribution is 6.30. The van der Waals surface area contributed by atoms with Crippen LogP contribution in [0.2, 0.25) is 5.02 Å². The Morgan fingerprint density at radius 3 is 2.64 bits per heavy atom. The fraction of sp³-hybridized carbons (Fsp3) is 0.176. The molecule has 0 saturated heterocycles. The summed E-state index contributed by atoms with van der Waals surface area (Å²) in [5.74, 6) is 0. The summed E-state index contributed by atoms with van der Waals surface area (Å²) in [6, 6.07) is 14.1. The molecule has 1 aliphatic heterocycles. The summed E-state index contributed by atoms with van der Waals surface area (Å²) in [5.41, 5.74) is 2.92. The molecule has 0 saturated carbocycles. The van der Waals surface area contributed by atoms with Crippen LogP contribution in [-0.2, 0) is 6.42 Å². The van der Waals surface area contributed by atoms with E-state index in [-0.39, 0.29) is 11.0 Å². The molecule has 0 amide bonds. The first-order chi connectivity index (χ1) is 10.6. The van der Waals surface area contributed by atoms with Crippen molar-refractivity contribution in [2.45, 2.75) is 18.5 Å². The normalized spacial score (nSPS) is 20.4. The van der Waals surface area contributed by atoms with Gasteiger partial charge in [0, 0.05) is 22.1 Å². The van der Waals surface area contributed by atoms with Crippen LogP contribution in [0.3, 0.4) is 0 Å². The van der Waals surface area contributed by atoms with Crippen LogP contribution < -0.4 is 5.32 Å². The number of para-hydroxylation sites is 1. The highest BCUT2D eigenvalue weighted by Gasteiger charge is 2.34. The summed E-state index contributed by atoms with van der Waals surface area (Å²) in [6.07, 6.45) is 4.18. The molecule has 2 aromatic carbocycles. The molecule has 112 valence electrons. The maximum atomic E-state index is 11.3. The fourth-order valence-corrected chi connectivity index (χ4v) is 2.76. The van der Waals surface area contributed by atoms with Crippen molar-refractivity contribution in [2.24, 2.45) is 0 Å². The van der Waals surface area contributed by atoms with Crippen LogP contribution in [0.25, 0.3) is 6.08 Å². The van der Waals surface area contributed by atoms with E-state index in [0.29, 0.717) is 11.4 Å². The second-order valence-corrected chi connectivity index (χ2v) is 5.73. The van der Waals surface area contributed by atoms with Gasteiger partial charge in [-0.25, -0.2) is 0 Å². The number of halogens is 1. The Labute approximate surface area is 133 Å². The molecule has 1 aliphatic rings. The molecular weight excluding hydrogens is 300 g/mol. The first-order valence-corrected chi connectivity index (χ1v) is 7.43. The highest BCUT2D eigenvalue weighted by atomic mass is 35.5. The maximum Gasteiger partial charge on any atom is 0.240 e. The lowest BCUT2D eigenvalue weighted by Crippen LogP contribution is -2.43. The number of benzene rings is 2.